The van der Waals surface area contributed by atoms with Gasteiger partial charge in [-0.15, -0.1) is 0 Å². The van der Waals surface area contributed by atoms with Crippen molar-refractivity contribution < 1.29 is 8.42 Å². The summed E-state index contributed by atoms with van der Waals surface area (Å²) in [6, 6.07) is 5.19. The Kier molecular flexibility index (Phi) is 4.48. The minimum Gasteiger partial charge on any atom is -0.315 e. The third-order valence-electron chi connectivity index (χ3n) is 3.10. The second-order valence-corrected chi connectivity index (χ2v) is 7.98. The van der Waals surface area contributed by atoms with Gasteiger partial charge in [0, 0.05) is 28.6 Å². The molecular formula is C11H14Br2N2O2S. The highest BCUT2D eigenvalue weighted by molar-refractivity contribution is 9.11. The second kappa shape index (κ2) is 5.58. The van der Waals surface area contributed by atoms with E-state index in [-0.39, 0.29) is 6.04 Å². The normalized spacial score (nSPS) is 20.6. The van der Waals surface area contributed by atoms with E-state index in [9.17, 15) is 8.42 Å². The van der Waals surface area contributed by atoms with Gasteiger partial charge in [0.25, 0.3) is 0 Å². The number of likely N-dealkylation sites (N-methyl/N-ethyl adjacent to an activating group) is 1. The molecule has 0 spiro atoms. The second-order valence-electron chi connectivity index (χ2n) is 4.24. The number of nitrogens with zero attached hydrogens (tertiary/aromatic N) is 1. The number of hydrogen-bond acceptors (Lipinski definition) is 3. The van der Waals surface area contributed by atoms with Crippen LogP contribution in [0.1, 0.15) is 6.42 Å². The lowest BCUT2D eigenvalue weighted by atomic mass is 10.3. The van der Waals surface area contributed by atoms with Crippen molar-refractivity contribution in [1.29, 1.82) is 0 Å². The molecule has 7 heteroatoms. The molecule has 1 heterocycles. The van der Waals surface area contributed by atoms with Crippen LogP contribution in [0.25, 0.3) is 0 Å². The first-order valence-electron chi connectivity index (χ1n) is 5.57. The molecule has 0 aromatic heterocycles. The molecule has 0 amide bonds. The van der Waals surface area contributed by atoms with E-state index in [4.69, 9.17) is 0 Å². The molecule has 1 aromatic rings. The van der Waals surface area contributed by atoms with Crippen LogP contribution in [0.5, 0.6) is 0 Å². The van der Waals surface area contributed by atoms with Crippen LogP contribution in [0, 0.1) is 0 Å². The molecule has 1 atom stereocenters. The zero-order valence-corrected chi connectivity index (χ0v) is 13.8. The Morgan fingerprint density at radius 3 is 2.72 bits per heavy atom. The first-order chi connectivity index (χ1) is 8.43. The smallest absolute Gasteiger partial charge is 0.244 e. The standard InChI is InChI=1S/C11H14Br2N2O2S/c1-15(9-4-5-14-7-9)18(16,17)11-6-8(12)2-3-10(11)13/h2-3,6,9,14H,4-5,7H2,1H3. The molecular weight excluding hydrogens is 384 g/mol. The average molecular weight is 398 g/mol. The average Bonchev–Trinajstić information content (AvgIpc) is 2.84. The first-order valence-corrected chi connectivity index (χ1v) is 8.59. The van der Waals surface area contributed by atoms with E-state index < -0.39 is 10.0 Å². The number of halogens is 2. The monoisotopic (exact) mass is 396 g/mol. The van der Waals surface area contributed by atoms with Crippen molar-refractivity contribution in [3.05, 3.63) is 27.1 Å². The number of benzene rings is 1. The summed E-state index contributed by atoms with van der Waals surface area (Å²) in [5.74, 6) is 0. The highest BCUT2D eigenvalue weighted by Gasteiger charge is 2.31. The predicted octanol–water partition coefficient (Wildman–Crippen LogP) is 2.19. The number of rotatable bonds is 3. The fourth-order valence-electron chi connectivity index (χ4n) is 1.98. The van der Waals surface area contributed by atoms with Crippen LogP contribution in [0.2, 0.25) is 0 Å². The molecule has 0 aliphatic carbocycles. The van der Waals surface area contributed by atoms with E-state index in [0.29, 0.717) is 15.9 Å². The summed E-state index contributed by atoms with van der Waals surface area (Å²) in [6.45, 7) is 1.57. The molecule has 1 unspecified atom stereocenters. The van der Waals surface area contributed by atoms with Gasteiger partial charge in [0.2, 0.25) is 10.0 Å². The molecule has 1 aliphatic rings. The summed E-state index contributed by atoms with van der Waals surface area (Å²) in [4.78, 5) is 0.297. The van der Waals surface area contributed by atoms with Crippen molar-refractivity contribution in [1.82, 2.24) is 9.62 Å². The van der Waals surface area contributed by atoms with E-state index in [1.807, 2.05) is 0 Å². The maximum atomic E-state index is 12.5. The van der Waals surface area contributed by atoms with E-state index in [1.165, 1.54) is 4.31 Å². The zero-order valence-electron chi connectivity index (χ0n) is 9.86. The van der Waals surface area contributed by atoms with Crippen LogP contribution in [0.4, 0.5) is 0 Å². The van der Waals surface area contributed by atoms with Gasteiger partial charge in [-0.05, 0) is 47.1 Å². The Morgan fingerprint density at radius 1 is 1.39 bits per heavy atom. The van der Waals surface area contributed by atoms with Crippen molar-refractivity contribution in [2.75, 3.05) is 20.1 Å². The van der Waals surface area contributed by atoms with Crippen LogP contribution >= 0.6 is 31.9 Å². The molecule has 0 radical (unpaired) electrons. The molecule has 1 fully saturated rings. The molecule has 1 aromatic carbocycles. The molecule has 1 N–H and O–H groups in total. The number of sulfonamides is 1. The maximum absolute atomic E-state index is 12.5. The van der Waals surface area contributed by atoms with Crippen molar-refractivity contribution in [3.63, 3.8) is 0 Å². The van der Waals surface area contributed by atoms with E-state index in [0.717, 1.165) is 17.4 Å². The van der Waals surface area contributed by atoms with Crippen molar-refractivity contribution >= 4 is 41.9 Å². The van der Waals surface area contributed by atoms with Crippen LogP contribution < -0.4 is 5.32 Å². The van der Waals surface area contributed by atoms with Gasteiger partial charge < -0.3 is 5.32 Å². The van der Waals surface area contributed by atoms with Gasteiger partial charge in [0.1, 0.15) is 0 Å². The molecule has 18 heavy (non-hydrogen) atoms. The van der Waals surface area contributed by atoms with Gasteiger partial charge in [-0.1, -0.05) is 15.9 Å². The number of hydrogen-bond donors (Lipinski definition) is 1. The quantitative estimate of drug-likeness (QED) is 0.850. The Hall–Kier alpha value is 0.0500. The Bertz CT molecular complexity index is 542. The fourth-order valence-corrected chi connectivity index (χ4v) is 4.82. The summed E-state index contributed by atoms with van der Waals surface area (Å²) >= 11 is 6.61. The third kappa shape index (κ3) is 2.80. The van der Waals surface area contributed by atoms with Gasteiger partial charge >= 0.3 is 0 Å². The van der Waals surface area contributed by atoms with Crippen LogP contribution in [0.15, 0.2) is 32.0 Å². The van der Waals surface area contributed by atoms with Crippen LogP contribution in [-0.4, -0.2) is 38.9 Å². The SMILES string of the molecule is CN(C1CCNC1)S(=O)(=O)c1cc(Br)ccc1Br. The van der Waals surface area contributed by atoms with Gasteiger partial charge in [0.05, 0.1) is 4.90 Å². The van der Waals surface area contributed by atoms with Crippen molar-refractivity contribution in [2.24, 2.45) is 0 Å². The highest BCUT2D eigenvalue weighted by Crippen LogP contribution is 2.29. The minimum atomic E-state index is -3.46. The molecule has 1 saturated heterocycles. The summed E-state index contributed by atoms with van der Waals surface area (Å²) in [6.07, 6.45) is 0.849. The highest BCUT2D eigenvalue weighted by atomic mass is 79.9. The number of nitrogens with one attached hydrogen (secondary N) is 1. The molecule has 4 nitrogen and oxygen atoms in total. The molecule has 1 aliphatic heterocycles. The first kappa shape index (κ1) is 14.5. The van der Waals surface area contributed by atoms with Crippen molar-refractivity contribution in [2.45, 2.75) is 17.4 Å². The van der Waals surface area contributed by atoms with Gasteiger partial charge in [0.15, 0.2) is 0 Å². The molecule has 100 valence electrons. The lowest BCUT2D eigenvalue weighted by Crippen LogP contribution is -2.38. The van der Waals surface area contributed by atoms with Crippen LogP contribution in [0.3, 0.4) is 0 Å². The summed E-state index contributed by atoms with van der Waals surface area (Å²) < 4.78 is 27.9. The summed E-state index contributed by atoms with van der Waals surface area (Å²) in [5, 5.41) is 3.18. The molecule has 0 bridgehead atoms. The Morgan fingerprint density at radius 2 is 2.11 bits per heavy atom. The maximum Gasteiger partial charge on any atom is 0.244 e. The predicted molar refractivity (Wildman–Crippen MR) is 78.1 cm³/mol. The minimum absolute atomic E-state index is 0.0286. The molecule has 2 rings (SSSR count). The molecule has 0 saturated carbocycles. The zero-order chi connectivity index (χ0) is 13.3. The Balaban J connectivity index is 2.37. The van der Waals surface area contributed by atoms with Crippen LogP contribution in [-0.2, 0) is 10.0 Å². The van der Waals surface area contributed by atoms with E-state index in [2.05, 4.69) is 37.2 Å². The van der Waals surface area contributed by atoms with Gasteiger partial charge in [-0.3, -0.25) is 0 Å². The summed E-state index contributed by atoms with van der Waals surface area (Å²) in [5.41, 5.74) is 0. The third-order valence-corrected chi connectivity index (χ3v) is 6.50. The van der Waals surface area contributed by atoms with E-state index >= 15 is 0 Å². The van der Waals surface area contributed by atoms with Gasteiger partial charge in [-0.25, -0.2) is 8.42 Å². The Labute approximate surface area is 124 Å². The lowest BCUT2D eigenvalue weighted by Gasteiger charge is -2.23. The van der Waals surface area contributed by atoms with Gasteiger partial charge in [-0.2, -0.15) is 4.31 Å². The van der Waals surface area contributed by atoms with E-state index in [1.54, 1.807) is 25.2 Å². The largest absolute Gasteiger partial charge is 0.315 e. The lowest BCUT2D eigenvalue weighted by molar-refractivity contribution is 0.387. The van der Waals surface area contributed by atoms with Crippen molar-refractivity contribution in [3.8, 4) is 0 Å². The summed E-state index contributed by atoms with van der Waals surface area (Å²) in [7, 11) is -1.82. The fraction of sp³-hybridized carbons (Fsp3) is 0.455. The topological polar surface area (TPSA) is 49.4 Å².